The first-order chi connectivity index (χ1) is 11.8. The van der Waals surface area contributed by atoms with Crippen molar-refractivity contribution in [3.05, 3.63) is 65.9 Å². The highest BCUT2D eigenvalue weighted by atomic mass is 16.1. The maximum atomic E-state index is 12.3. The van der Waals surface area contributed by atoms with E-state index in [2.05, 4.69) is 25.7 Å². The van der Waals surface area contributed by atoms with Crippen molar-refractivity contribution < 1.29 is 4.79 Å². The minimum absolute atomic E-state index is 0.118. The first kappa shape index (κ1) is 14.3. The highest BCUT2D eigenvalue weighted by Gasteiger charge is 2.08. The van der Waals surface area contributed by atoms with E-state index in [0.717, 1.165) is 28.4 Å². The van der Waals surface area contributed by atoms with Gasteiger partial charge in [-0.25, -0.2) is 0 Å². The molecule has 0 saturated carbocycles. The molecular weight excluding hydrogens is 302 g/mol. The van der Waals surface area contributed by atoms with Gasteiger partial charge in [-0.1, -0.05) is 24.3 Å². The first-order valence-corrected chi connectivity index (χ1v) is 7.72. The monoisotopic (exact) mass is 317 g/mol. The van der Waals surface area contributed by atoms with Crippen LogP contribution in [0.4, 0.5) is 0 Å². The molecule has 2 aromatic carbocycles. The van der Waals surface area contributed by atoms with E-state index in [1.807, 2.05) is 30.3 Å². The highest BCUT2D eigenvalue weighted by Crippen LogP contribution is 2.16. The molecule has 2 aromatic heterocycles. The zero-order valence-corrected chi connectivity index (χ0v) is 12.9. The lowest BCUT2D eigenvalue weighted by molar-refractivity contribution is 0.0954. The van der Waals surface area contributed by atoms with E-state index in [1.165, 1.54) is 0 Å². The summed E-state index contributed by atoms with van der Waals surface area (Å²) < 4.78 is 0. The number of carbonyl (C=O) groups is 1. The van der Waals surface area contributed by atoms with Crippen molar-refractivity contribution in [2.45, 2.75) is 6.42 Å². The number of nitrogens with zero attached hydrogens (tertiary/aromatic N) is 3. The van der Waals surface area contributed by atoms with E-state index in [4.69, 9.17) is 0 Å². The summed E-state index contributed by atoms with van der Waals surface area (Å²) in [6.07, 6.45) is 2.52. The third kappa shape index (κ3) is 2.69. The lowest BCUT2D eigenvalue weighted by Crippen LogP contribution is -2.25. The topological polar surface area (TPSA) is 83.6 Å². The van der Waals surface area contributed by atoms with Crippen molar-refractivity contribution in [3.8, 4) is 0 Å². The smallest absolute Gasteiger partial charge is 0.251 e. The second kappa shape index (κ2) is 6.08. The van der Waals surface area contributed by atoms with Gasteiger partial charge < -0.3 is 5.32 Å². The Hall–Kier alpha value is -3.28. The predicted molar refractivity (Wildman–Crippen MR) is 91.7 cm³/mol. The maximum absolute atomic E-state index is 12.3. The van der Waals surface area contributed by atoms with Crippen LogP contribution in [0.3, 0.4) is 0 Å². The number of pyridine rings is 1. The van der Waals surface area contributed by atoms with Crippen LogP contribution >= 0.6 is 0 Å². The van der Waals surface area contributed by atoms with Gasteiger partial charge in [0.2, 0.25) is 0 Å². The van der Waals surface area contributed by atoms with E-state index in [-0.39, 0.29) is 5.91 Å². The molecule has 0 atom stereocenters. The zero-order chi connectivity index (χ0) is 16.4. The van der Waals surface area contributed by atoms with Gasteiger partial charge in [0, 0.05) is 23.7 Å². The number of aromatic nitrogens is 4. The van der Waals surface area contributed by atoms with Gasteiger partial charge in [-0.2, -0.15) is 15.4 Å². The zero-order valence-electron chi connectivity index (χ0n) is 12.9. The SMILES string of the molecule is O=C(NCCc1cccc2cccnc12)c1ccc2n[nH]nc2c1. The minimum Gasteiger partial charge on any atom is -0.352 e. The Balaban J connectivity index is 1.45. The second-order valence-corrected chi connectivity index (χ2v) is 5.53. The number of H-pyrrole nitrogens is 1. The van der Waals surface area contributed by atoms with Gasteiger partial charge in [0.05, 0.1) is 5.52 Å². The number of para-hydroxylation sites is 1. The fraction of sp³-hybridized carbons (Fsp3) is 0.111. The quantitative estimate of drug-likeness (QED) is 0.605. The summed E-state index contributed by atoms with van der Waals surface area (Å²) in [7, 11) is 0. The Morgan fingerprint density at radius 2 is 1.92 bits per heavy atom. The number of fused-ring (bicyclic) bond motifs is 2. The Kier molecular flexibility index (Phi) is 3.63. The fourth-order valence-electron chi connectivity index (χ4n) is 2.76. The van der Waals surface area contributed by atoms with E-state index in [9.17, 15) is 4.79 Å². The third-order valence-electron chi connectivity index (χ3n) is 3.97. The van der Waals surface area contributed by atoms with Crippen molar-refractivity contribution in [2.75, 3.05) is 6.54 Å². The lowest BCUT2D eigenvalue weighted by atomic mass is 10.1. The van der Waals surface area contributed by atoms with Gasteiger partial charge >= 0.3 is 0 Å². The summed E-state index contributed by atoms with van der Waals surface area (Å²) in [5.74, 6) is -0.118. The van der Waals surface area contributed by atoms with Crippen LogP contribution in [0.25, 0.3) is 21.9 Å². The summed E-state index contributed by atoms with van der Waals surface area (Å²) >= 11 is 0. The number of carbonyl (C=O) groups excluding carboxylic acids is 1. The molecule has 4 aromatic rings. The van der Waals surface area contributed by atoms with Crippen LogP contribution in [-0.2, 0) is 6.42 Å². The molecule has 0 aliphatic heterocycles. The molecule has 0 unspecified atom stereocenters. The molecule has 0 fully saturated rings. The van der Waals surface area contributed by atoms with Crippen molar-refractivity contribution >= 4 is 27.8 Å². The summed E-state index contributed by atoms with van der Waals surface area (Å²) in [6, 6.07) is 15.3. The number of rotatable bonds is 4. The van der Waals surface area contributed by atoms with Gasteiger partial charge in [-0.3, -0.25) is 9.78 Å². The average Bonchev–Trinajstić information content (AvgIpc) is 3.09. The second-order valence-electron chi connectivity index (χ2n) is 5.53. The molecule has 2 N–H and O–H groups in total. The number of nitrogens with one attached hydrogen (secondary N) is 2. The van der Waals surface area contributed by atoms with Crippen LogP contribution < -0.4 is 5.32 Å². The van der Waals surface area contributed by atoms with Gasteiger partial charge in [0.15, 0.2) is 0 Å². The predicted octanol–water partition coefficient (Wildman–Crippen LogP) is 2.48. The minimum atomic E-state index is -0.118. The standard InChI is InChI=1S/C18H15N5O/c24-18(14-6-7-15-16(11-14)22-23-21-15)20-10-8-13-4-1-3-12-5-2-9-19-17(12)13/h1-7,9,11H,8,10H2,(H,20,24)(H,21,22,23). The average molecular weight is 317 g/mol. The molecular formula is C18H15N5O. The molecule has 6 nitrogen and oxygen atoms in total. The summed E-state index contributed by atoms with van der Waals surface area (Å²) in [6.45, 7) is 0.547. The van der Waals surface area contributed by atoms with Crippen LogP contribution in [0, 0.1) is 0 Å². The molecule has 4 rings (SSSR count). The van der Waals surface area contributed by atoms with Crippen molar-refractivity contribution in [3.63, 3.8) is 0 Å². The van der Waals surface area contributed by atoms with Crippen LogP contribution in [-0.4, -0.2) is 32.8 Å². The molecule has 0 aliphatic carbocycles. The van der Waals surface area contributed by atoms with Crippen LogP contribution in [0.5, 0.6) is 0 Å². The van der Waals surface area contributed by atoms with Crippen LogP contribution in [0.2, 0.25) is 0 Å². The Morgan fingerprint density at radius 3 is 2.88 bits per heavy atom. The molecule has 0 radical (unpaired) electrons. The van der Waals surface area contributed by atoms with E-state index in [0.29, 0.717) is 17.6 Å². The molecule has 2 heterocycles. The van der Waals surface area contributed by atoms with Crippen molar-refractivity contribution in [1.29, 1.82) is 0 Å². The maximum Gasteiger partial charge on any atom is 0.251 e. The molecule has 24 heavy (non-hydrogen) atoms. The van der Waals surface area contributed by atoms with Gasteiger partial charge in [0.1, 0.15) is 11.0 Å². The Morgan fingerprint density at radius 1 is 1.04 bits per heavy atom. The first-order valence-electron chi connectivity index (χ1n) is 7.72. The number of benzene rings is 2. The van der Waals surface area contributed by atoms with Crippen LogP contribution in [0.1, 0.15) is 15.9 Å². The van der Waals surface area contributed by atoms with E-state index in [1.54, 1.807) is 24.4 Å². The van der Waals surface area contributed by atoms with Gasteiger partial charge in [-0.05, 0) is 36.2 Å². The number of hydrogen-bond donors (Lipinski definition) is 2. The summed E-state index contributed by atoms with van der Waals surface area (Å²) in [4.78, 5) is 16.7. The van der Waals surface area contributed by atoms with Crippen molar-refractivity contribution in [1.82, 2.24) is 25.7 Å². The van der Waals surface area contributed by atoms with E-state index < -0.39 is 0 Å². The molecule has 118 valence electrons. The molecule has 1 amide bonds. The third-order valence-corrected chi connectivity index (χ3v) is 3.97. The molecule has 0 saturated heterocycles. The molecule has 6 heteroatoms. The number of aromatic amines is 1. The number of amides is 1. The normalized spacial score (nSPS) is 11.0. The Labute approximate surface area is 137 Å². The Bertz CT molecular complexity index is 1020. The lowest BCUT2D eigenvalue weighted by Gasteiger charge is -2.07. The van der Waals surface area contributed by atoms with Gasteiger partial charge in [-0.15, -0.1) is 0 Å². The highest BCUT2D eigenvalue weighted by molar-refractivity contribution is 5.97. The molecule has 0 spiro atoms. The van der Waals surface area contributed by atoms with Gasteiger partial charge in [0.25, 0.3) is 5.91 Å². The fourth-order valence-corrected chi connectivity index (χ4v) is 2.76. The van der Waals surface area contributed by atoms with E-state index >= 15 is 0 Å². The molecule has 0 bridgehead atoms. The molecule has 0 aliphatic rings. The van der Waals surface area contributed by atoms with Crippen molar-refractivity contribution in [2.24, 2.45) is 0 Å². The largest absolute Gasteiger partial charge is 0.352 e. The van der Waals surface area contributed by atoms with Crippen LogP contribution in [0.15, 0.2) is 54.7 Å². The summed E-state index contributed by atoms with van der Waals surface area (Å²) in [5, 5.41) is 14.6. The number of hydrogen-bond acceptors (Lipinski definition) is 4. The summed E-state index contributed by atoms with van der Waals surface area (Å²) in [5.41, 5.74) is 4.11.